The second-order valence-electron chi connectivity index (χ2n) is 4.73. The number of amides is 1. The van der Waals surface area contributed by atoms with Crippen molar-refractivity contribution in [1.82, 2.24) is 4.90 Å². The van der Waals surface area contributed by atoms with Gasteiger partial charge in [0.1, 0.15) is 12.3 Å². The Morgan fingerprint density at radius 3 is 2.73 bits per heavy atom. The van der Waals surface area contributed by atoms with Crippen molar-refractivity contribution >= 4 is 29.2 Å². The van der Waals surface area contributed by atoms with Gasteiger partial charge in [-0.3, -0.25) is 9.59 Å². The second-order valence-corrected chi connectivity index (χ2v) is 5.17. The average Bonchev–Trinajstić information content (AvgIpc) is 2.46. The van der Waals surface area contributed by atoms with Crippen molar-refractivity contribution in [3.8, 4) is 5.75 Å². The first-order valence-electron chi connectivity index (χ1n) is 7.05. The van der Waals surface area contributed by atoms with Crippen LogP contribution in [0.1, 0.15) is 19.8 Å². The number of halogens is 1. The van der Waals surface area contributed by atoms with E-state index in [0.29, 0.717) is 36.0 Å². The molecule has 1 rings (SSSR count). The molecule has 1 amide bonds. The molecular weight excluding hydrogens is 308 g/mol. The van der Waals surface area contributed by atoms with E-state index in [0.717, 1.165) is 0 Å². The standard InChI is InChI=1S/C15H21ClN2O4/c1-3-8-18(10-15(20)21)14(19)6-7-17-12-9-11(16)4-5-13(12)22-2/h4-5,9,17H,3,6-8,10H2,1-2H3,(H,20,21). The molecule has 0 heterocycles. The van der Waals surface area contributed by atoms with Gasteiger partial charge in [-0.2, -0.15) is 0 Å². The molecule has 0 spiro atoms. The molecule has 0 saturated carbocycles. The highest BCUT2D eigenvalue weighted by Crippen LogP contribution is 2.27. The number of methoxy groups -OCH3 is 1. The zero-order valence-electron chi connectivity index (χ0n) is 12.8. The van der Waals surface area contributed by atoms with Gasteiger partial charge in [0.15, 0.2) is 0 Å². The molecule has 0 unspecified atom stereocenters. The van der Waals surface area contributed by atoms with Gasteiger partial charge in [0.25, 0.3) is 0 Å². The fourth-order valence-electron chi connectivity index (χ4n) is 2.01. The van der Waals surface area contributed by atoms with E-state index in [-0.39, 0.29) is 18.9 Å². The van der Waals surface area contributed by atoms with Gasteiger partial charge in [-0.15, -0.1) is 0 Å². The fourth-order valence-corrected chi connectivity index (χ4v) is 2.18. The van der Waals surface area contributed by atoms with Crippen molar-refractivity contribution in [3.05, 3.63) is 23.2 Å². The summed E-state index contributed by atoms with van der Waals surface area (Å²) in [4.78, 5) is 24.2. The zero-order valence-corrected chi connectivity index (χ0v) is 13.5. The average molecular weight is 329 g/mol. The molecule has 0 atom stereocenters. The number of carbonyl (C=O) groups is 2. The highest BCUT2D eigenvalue weighted by atomic mass is 35.5. The number of nitrogens with one attached hydrogen (secondary N) is 1. The predicted octanol–water partition coefficient (Wildman–Crippen LogP) is 2.47. The number of nitrogens with zero attached hydrogens (tertiary/aromatic N) is 1. The summed E-state index contributed by atoms with van der Waals surface area (Å²) in [5.74, 6) is -0.572. The minimum Gasteiger partial charge on any atom is -0.495 e. The van der Waals surface area contributed by atoms with Gasteiger partial charge in [-0.05, 0) is 24.6 Å². The maximum atomic E-state index is 12.0. The zero-order chi connectivity index (χ0) is 16.5. The molecule has 6 nitrogen and oxygen atoms in total. The normalized spacial score (nSPS) is 10.1. The van der Waals surface area contributed by atoms with Gasteiger partial charge in [-0.25, -0.2) is 0 Å². The van der Waals surface area contributed by atoms with Crippen LogP contribution in [-0.2, 0) is 9.59 Å². The Morgan fingerprint density at radius 2 is 2.14 bits per heavy atom. The summed E-state index contributed by atoms with van der Waals surface area (Å²) in [7, 11) is 1.55. The van der Waals surface area contributed by atoms with Crippen molar-refractivity contribution in [3.63, 3.8) is 0 Å². The van der Waals surface area contributed by atoms with Gasteiger partial charge < -0.3 is 20.1 Å². The Kier molecular flexibility index (Phi) is 7.52. The molecule has 0 aliphatic rings. The van der Waals surface area contributed by atoms with Crippen LogP contribution in [-0.4, -0.2) is 48.6 Å². The molecule has 1 aromatic rings. The highest BCUT2D eigenvalue weighted by Gasteiger charge is 2.15. The fraction of sp³-hybridized carbons (Fsp3) is 0.467. The first-order chi connectivity index (χ1) is 10.5. The Bertz CT molecular complexity index is 522. The van der Waals surface area contributed by atoms with Crippen LogP contribution in [0, 0.1) is 0 Å². The number of benzene rings is 1. The van der Waals surface area contributed by atoms with Crippen LogP contribution in [0.4, 0.5) is 5.69 Å². The van der Waals surface area contributed by atoms with Crippen LogP contribution in [0.25, 0.3) is 0 Å². The van der Waals surface area contributed by atoms with E-state index in [1.165, 1.54) is 4.90 Å². The molecular formula is C15H21ClN2O4. The lowest BCUT2D eigenvalue weighted by atomic mass is 10.2. The van der Waals surface area contributed by atoms with Crippen molar-refractivity contribution in [2.24, 2.45) is 0 Å². The van der Waals surface area contributed by atoms with E-state index >= 15 is 0 Å². The Balaban J connectivity index is 2.56. The van der Waals surface area contributed by atoms with Gasteiger partial charge >= 0.3 is 5.97 Å². The lowest BCUT2D eigenvalue weighted by Crippen LogP contribution is -2.37. The lowest BCUT2D eigenvalue weighted by molar-refractivity contribution is -0.144. The van der Waals surface area contributed by atoms with Crippen LogP contribution in [0.3, 0.4) is 0 Å². The molecule has 0 bridgehead atoms. The van der Waals surface area contributed by atoms with Crippen LogP contribution < -0.4 is 10.1 Å². The minimum atomic E-state index is -1.01. The van der Waals surface area contributed by atoms with Gasteiger partial charge in [0.05, 0.1) is 12.8 Å². The third-order valence-electron chi connectivity index (χ3n) is 2.99. The number of ether oxygens (including phenoxy) is 1. The summed E-state index contributed by atoms with van der Waals surface area (Å²) in [5, 5.41) is 12.5. The molecule has 0 radical (unpaired) electrons. The summed E-state index contributed by atoms with van der Waals surface area (Å²) in [6.07, 6.45) is 0.914. The van der Waals surface area contributed by atoms with Crippen LogP contribution >= 0.6 is 11.6 Å². The number of carboxylic acids is 1. The first-order valence-corrected chi connectivity index (χ1v) is 7.42. The molecule has 0 aliphatic carbocycles. The van der Waals surface area contributed by atoms with Gasteiger partial charge in [0, 0.05) is 24.5 Å². The summed E-state index contributed by atoms with van der Waals surface area (Å²) in [6, 6.07) is 5.17. The smallest absolute Gasteiger partial charge is 0.323 e. The van der Waals surface area contributed by atoms with Gasteiger partial charge in [-0.1, -0.05) is 18.5 Å². The highest BCUT2D eigenvalue weighted by molar-refractivity contribution is 6.30. The predicted molar refractivity (Wildman–Crippen MR) is 85.6 cm³/mol. The molecule has 0 fully saturated rings. The quantitative estimate of drug-likeness (QED) is 0.728. The molecule has 22 heavy (non-hydrogen) atoms. The number of carbonyl (C=O) groups excluding carboxylic acids is 1. The molecule has 2 N–H and O–H groups in total. The molecule has 0 aliphatic heterocycles. The van der Waals surface area contributed by atoms with Crippen LogP contribution in [0.5, 0.6) is 5.75 Å². The minimum absolute atomic E-state index is 0.197. The van der Waals surface area contributed by atoms with Crippen molar-refractivity contribution in [2.75, 3.05) is 32.1 Å². The van der Waals surface area contributed by atoms with Gasteiger partial charge in [0.2, 0.25) is 5.91 Å². The molecule has 7 heteroatoms. The largest absolute Gasteiger partial charge is 0.495 e. The van der Waals surface area contributed by atoms with E-state index in [9.17, 15) is 9.59 Å². The molecule has 0 aromatic heterocycles. The third kappa shape index (κ3) is 5.81. The Hall–Kier alpha value is -1.95. The summed E-state index contributed by atoms with van der Waals surface area (Å²) < 4.78 is 5.20. The van der Waals surface area contributed by atoms with E-state index < -0.39 is 5.97 Å². The summed E-state index contributed by atoms with van der Waals surface area (Å²) in [6.45, 7) is 2.44. The molecule has 122 valence electrons. The number of aliphatic carboxylic acids is 1. The van der Waals surface area contributed by atoms with Crippen molar-refractivity contribution < 1.29 is 19.4 Å². The molecule has 0 saturated heterocycles. The van der Waals surface area contributed by atoms with Crippen LogP contribution in [0.2, 0.25) is 5.02 Å². The maximum absolute atomic E-state index is 12.0. The number of hydrogen-bond donors (Lipinski definition) is 2. The van der Waals surface area contributed by atoms with E-state index in [2.05, 4.69) is 5.32 Å². The SMILES string of the molecule is CCCN(CC(=O)O)C(=O)CCNc1cc(Cl)ccc1OC. The number of rotatable bonds is 9. The van der Waals surface area contributed by atoms with E-state index in [4.69, 9.17) is 21.4 Å². The van der Waals surface area contributed by atoms with E-state index in [1.807, 2.05) is 6.92 Å². The van der Waals surface area contributed by atoms with Crippen molar-refractivity contribution in [1.29, 1.82) is 0 Å². The lowest BCUT2D eigenvalue weighted by Gasteiger charge is -2.20. The topological polar surface area (TPSA) is 78.9 Å². The van der Waals surface area contributed by atoms with E-state index in [1.54, 1.807) is 25.3 Å². The number of carboxylic acid groups (broad SMARTS) is 1. The van der Waals surface area contributed by atoms with Crippen molar-refractivity contribution in [2.45, 2.75) is 19.8 Å². The second kappa shape index (κ2) is 9.15. The van der Waals surface area contributed by atoms with Crippen LogP contribution in [0.15, 0.2) is 18.2 Å². The number of hydrogen-bond acceptors (Lipinski definition) is 4. The Morgan fingerprint density at radius 1 is 1.41 bits per heavy atom. The maximum Gasteiger partial charge on any atom is 0.323 e. The third-order valence-corrected chi connectivity index (χ3v) is 3.22. The monoisotopic (exact) mass is 328 g/mol. The summed E-state index contributed by atoms with van der Waals surface area (Å²) >= 11 is 5.93. The summed E-state index contributed by atoms with van der Waals surface area (Å²) in [5.41, 5.74) is 0.697. The molecule has 1 aromatic carbocycles. The number of anilines is 1. The Labute approximate surface area is 135 Å². The first kappa shape index (κ1) is 18.1.